The SMILES string of the molecule is CC1=CC(C)N[C]=N1. The van der Waals surface area contributed by atoms with Crippen molar-refractivity contribution in [2.45, 2.75) is 19.9 Å². The third kappa shape index (κ3) is 1.09. The molecular weight excluding hydrogens is 100 g/mol. The summed E-state index contributed by atoms with van der Waals surface area (Å²) >= 11 is 0. The van der Waals surface area contributed by atoms with Crippen LogP contribution in [0.2, 0.25) is 0 Å². The van der Waals surface area contributed by atoms with Crippen molar-refractivity contribution in [1.82, 2.24) is 5.32 Å². The Kier molecular flexibility index (Phi) is 1.33. The second-order valence-electron chi connectivity index (χ2n) is 1.96. The highest BCUT2D eigenvalue weighted by atomic mass is 15.0. The van der Waals surface area contributed by atoms with Crippen LogP contribution in [0, 0.1) is 0 Å². The van der Waals surface area contributed by atoms with Crippen LogP contribution in [0.5, 0.6) is 0 Å². The fraction of sp³-hybridized carbons (Fsp3) is 0.500. The van der Waals surface area contributed by atoms with Crippen molar-refractivity contribution in [1.29, 1.82) is 0 Å². The Morgan fingerprint density at radius 1 is 1.88 bits per heavy atom. The van der Waals surface area contributed by atoms with E-state index < -0.39 is 0 Å². The van der Waals surface area contributed by atoms with Crippen LogP contribution < -0.4 is 5.32 Å². The lowest BCUT2D eigenvalue weighted by Gasteiger charge is -2.09. The number of aliphatic imine (C=N–C) groups is 1. The van der Waals surface area contributed by atoms with E-state index in [2.05, 4.69) is 29.6 Å². The molecule has 43 valence electrons. The molecule has 0 aliphatic carbocycles. The second kappa shape index (κ2) is 1.99. The van der Waals surface area contributed by atoms with Crippen molar-refractivity contribution in [2.75, 3.05) is 0 Å². The summed E-state index contributed by atoms with van der Waals surface area (Å²) in [6.45, 7) is 4.02. The quantitative estimate of drug-likeness (QED) is 0.488. The predicted octanol–water partition coefficient (Wildman–Crippen LogP) is 0.787. The van der Waals surface area contributed by atoms with Gasteiger partial charge in [-0.2, -0.15) is 0 Å². The fourth-order valence-corrected chi connectivity index (χ4v) is 0.663. The standard InChI is InChI=1S/C6H9N2/c1-5-3-6(2)8-4-7-5/h3,5H,1-2H3,(H,7,8). The molecule has 0 aromatic rings. The molecule has 1 atom stereocenters. The van der Waals surface area contributed by atoms with Crippen LogP contribution in [0.1, 0.15) is 13.8 Å². The van der Waals surface area contributed by atoms with Gasteiger partial charge in [-0.05, 0) is 19.9 Å². The van der Waals surface area contributed by atoms with Crippen LogP contribution in [-0.2, 0) is 0 Å². The highest BCUT2D eigenvalue weighted by Crippen LogP contribution is 1.99. The zero-order valence-electron chi connectivity index (χ0n) is 5.10. The molecule has 0 aromatic carbocycles. The minimum Gasteiger partial charge on any atom is -0.361 e. The first-order chi connectivity index (χ1) is 3.79. The van der Waals surface area contributed by atoms with Crippen LogP contribution in [0.25, 0.3) is 0 Å². The summed E-state index contributed by atoms with van der Waals surface area (Å²) in [5.41, 5.74) is 1.04. The van der Waals surface area contributed by atoms with Crippen LogP contribution in [0.15, 0.2) is 16.8 Å². The first kappa shape index (κ1) is 5.35. The van der Waals surface area contributed by atoms with E-state index in [1.807, 2.05) is 6.92 Å². The van der Waals surface area contributed by atoms with E-state index in [-0.39, 0.29) is 0 Å². The molecule has 1 radical (unpaired) electrons. The number of nitrogens with one attached hydrogen (secondary N) is 1. The topological polar surface area (TPSA) is 24.4 Å². The van der Waals surface area contributed by atoms with Gasteiger partial charge in [-0.15, -0.1) is 0 Å². The maximum Gasteiger partial charge on any atom is 0.169 e. The zero-order valence-corrected chi connectivity index (χ0v) is 5.10. The summed E-state index contributed by atoms with van der Waals surface area (Å²) in [6.07, 6.45) is 4.74. The summed E-state index contributed by atoms with van der Waals surface area (Å²) in [6, 6.07) is 0.396. The lowest BCUT2D eigenvalue weighted by Crippen LogP contribution is -2.24. The van der Waals surface area contributed by atoms with Gasteiger partial charge in [-0.1, -0.05) is 0 Å². The van der Waals surface area contributed by atoms with Gasteiger partial charge >= 0.3 is 0 Å². The summed E-state index contributed by atoms with van der Waals surface area (Å²) in [4.78, 5) is 3.88. The van der Waals surface area contributed by atoms with Crippen LogP contribution in [-0.4, -0.2) is 12.4 Å². The molecule has 1 N–H and O–H groups in total. The molecule has 2 nitrogen and oxygen atoms in total. The first-order valence-corrected chi connectivity index (χ1v) is 2.69. The molecule has 0 fully saturated rings. The van der Waals surface area contributed by atoms with E-state index >= 15 is 0 Å². The molecule has 1 rings (SSSR count). The lowest BCUT2D eigenvalue weighted by molar-refractivity contribution is 0.793. The van der Waals surface area contributed by atoms with Gasteiger partial charge in [0.1, 0.15) is 0 Å². The Morgan fingerprint density at radius 3 is 3.00 bits per heavy atom. The van der Waals surface area contributed by atoms with Gasteiger partial charge in [-0.25, -0.2) is 4.99 Å². The normalized spacial score (nSPS) is 26.8. The van der Waals surface area contributed by atoms with Gasteiger partial charge in [0.05, 0.1) is 0 Å². The maximum atomic E-state index is 3.88. The molecule has 1 unspecified atom stereocenters. The highest BCUT2D eigenvalue weighted by molar-refractivity contribution is 5.58. The Balaban J connectivity index is 2.63. The first-order valence-electron chi connectivity index (χ1n) is 2.69. The van der Waals surface area contributed by atoms with Crippen molar-refractivity contribution in [3.05, 3.63) is 11.8 Å². The Morgan fingerprint density at radius 2 is 2.62 bits per heavy atom. The van der Waals surface area contributed by atoms with E-state index in [1.54, 1.807) is 0 Å². The van der Waals surface area contributed by atoms with Gasteiger partial charge in [0.15, 0.2) is 6.34 Å². The van der Waals surface area contributed by atoms with E-state index in [0.29, 0.717) is 6.04 Å². The van der Waals surface area contributed by atoms with E-state index in [0.717, 1.165) is 5.70 Å². The predicted molar refractivity (Wildman–Crippen MR) is 33.8 cm³/mol. The summed E-state index contributed by atoms with van der Waals surface area (Å²) in [7, 11) is 0. The van der Waals surface area contributed by atoms with Crippen molar-refractivity contribution in [3.8, 4) is 0 Å². The molecule has 0 spiro atoms. The van der Waals surface area contributed by atoms with Gasteiger partial charge in [0.25, 0.3) is 0 Å². The molecule has 0 saturated carbocycles. The molecule has 1 aliphatic rings. The molecule has 0 bridgehead atoms. The van der Waals surface area contributed by atoms with Crippen molar-refractivity contribution in [2.24, 2.45) is 4.99 Å². The van der Waals surface area contributed by atoms with E-state index in [4.69, 9.17) is 0 Å². The average molecular weight is 109 g/mol. The van der Waals surface area contributed by atoms with Crippen LogP contribution in [0.4, 0.5) is 0 Å². The molecule has 1 aliphatic heterocycles. The smallest absolute Gasteiger partial charge is 0.169 e. The molecule has 0 aromatic heterocycles. The number of nitrogens with zero attached hydrogens (tertiary/aromatic N) is 1. The molecule has 2 heteroatoms. The lowest BCUT2D eigenvalue weighted by atomic mass is 10.2. The zero-order chi connectivity index (χ0) is 5.98. The van der Waals surface area contributed by atoms with Gasteiger partial charge in [-0.3, -0.25) is 0 Å². The third-order valence-corrected chi connectivity index (χ3v) is 1.02. The Bertz CT molecular complexity index is 135. The van der Waals surface area contributed by atoms with E-state index in [1.165, 1.54) is 0 Å². The van der Waals surface area contributed by atoms with Crippen LogP contribution in [0.3, 0.4) is 0 Å². The number of rotatable bonds is 0. The summed E-state index contributed by atoms with van der Waals surface area (Å²) < 4.78 is 0. The minimum absolute atomic E-state index is 0.396. The Hall–Kier alpha value is -0.790. The molecule has 1 heterocycles. The largest absolute Gasteiger partial charge is 0.361 e. The van der Waals surface area contributed by atoms with Crippen LogP contribution >= 0.6 is 0 Å². The maximum absolute atomic E-state index is 3.88. The number of allylic oxidation sites excluding steroid dienone is 1. The minimum atomic E-state index is 0.396. The Labute approximate surface area is 49.3 Å². The highest BCUT2D eigenvalue weighted by Gasteiger charge is 1.98. The summed E-state index contributed by atoms with van der Waals surface area (Å²) in [5, 5.41) is 2.92. The number of hydrogen-bond donors (Lipinski definition) is 1. The fourth-order valence-electron chi connectivity index (χ4n) is 0.663. The molecule has 0 amide bonds. The van der Waals surface area contributed by atoms with Gasteiger partial charge < -0.3 is 5.32 Å². The van der Waals surface area contributed by atoms with Gasteiger partial charge in [0, 0.05) is 11.7 Å². The number of hydrogen-bond acceptors (Lipinski definition) is 2. The van der Waals surface area contributed by atoms with E-state index in [9.17, 15) is 0 Å². The van der Waals surface area contributed by atoms with Crippen molar-refractivity contribution in [3.63, 3.8) is 0 Å². The van der Waals surface area contributed by atoms with Crippen molar-refractivity contribution >= 4 is 6.34 Å². The summed E-state index contributed by atoms with van der Waals surface area (Å²) in [5.74, 6) is 0. The second-order valence-corrected chi connectivity index (χ2v) is 1.96. The average Bonchev–Trinajstić information content (AvgIpc) is 1.64. The third-order valence-electron chi connectivity index (χ3n) is 1.02. The molecule has 0 saturated heterocycles. The van der Waals surface area contributed by atoms with Gasteiger partial charge in [0.2, 0.25) is 0 Å². The molecule has 8 heavy (non-hydrogen) atoms. The van der Waals surface area contributed by atoms with Crippen molar-refractivity contribution < 1.29 is 0 Å². The monoisotopic (exact) mass is 109 g/mol. The molecular formula is C6H9N2.